The molecule has 2 aliphatic carbocycles. The highest BCUT2D eigenvalue weighted by atomic mass is 16.3. The minimum Gasteiger partial charge on any atom is -0.508 e. The Morgan fingerprint density at radius 1 is 1.20 bits per heavy atom. The molecule has 0 spiro atoms. The molecular weight excluding hydrogens is 310 g/mol. The van der Waals surface area contributed by atoms with Gasteiger partial charge in [0.15, 0.2) is 5.78 Å². The number of fused-ring (bicyclic) bond motifs is 1. The third-order valence-corrected chi connectivity index (χ3v) is 7.32. The second-order valence-corrected chi connectivity index (χ2v) is 9.56. The highest BCUT2D eigenvalue weighted by Crippen LogP contribution is 2.61. The van der Waals surface area contributed by atoms with Crippen molar-refractivity contribution in [2.75, 3.05) is 0 Å². The van der Waals surface area contributed by atoms with Crippen LogP contribution in [-0.2, 0) is 0 Å². The highest BCUT2D eigenvalue weighted by molar-refractivity contribution is 5.99. The summed E-state index contributed by atoms with van der Waals surface area (Å²) in [4.78, 5) is 13.6. The van der Waals surface area contributed by atoms with E-state index < -0.39 is 0 Å². The first-order valence-electron chi connectivity index (χ1n) is 9.67. The van der Waals surface area contributed by atoms with E-state index in [1.54, 1.807) is 12.1 Å². The van der Waals surface area contributed by atoms with E-state index in [2.05, 4.69) is 27.7 Å². The Kier molecular flexibility index (Phi) is 4.51. The van der Waals surface area contributed by atoms with Crippen molar-refractivity contribution in [3.05, 3.63) is 29.3 Å². The molecular formula is C22H33NO2. The molecule has 0 aliphatic heterocycles. The van der Waals surface area contributed by atoms with Crippen LogP contribution in [0, 0.1) is 35.5 Å². The van der Waals surface area contributed by atoms with E-state index in [4.69, 9.17) is 5.73 Å². The smallest absolute Gasteiger partial charge is 0.166 e. The Hall–Kier alpha value is -1.35. The summed E-state index contributed by atoms with van der Waals surface area (Å²) in [5.74, 6) is 0.869. The van der Waals surface area contributed by atoms with Gasteiger partial charge in [-0.3, -0.25) is 4.79 Å². The number of hydrogen-bond acceptors (Lipinski definition) is 3. The fraction of sp³-hybridized carbons (Fsp3) is 0.682. The van der Waals surface area contributed by atoms with Gasteiger partial charge < -0.3 is 10.8 Å². The molecule has 3 N–H and O–H groups in total. The first-order valence-corrected chi connectivity index (χ1v) is 9.67. The van der Waals surface area contributed by atoms with Crippen LogP contribution in [0.3, 0.4) is 0 Å². The maximum atomic E-state index is 13.6. The van der Waals surface area contributed by atoms with Crippen molar-refractivity contribution in [1.29, 1.82) is 0 Å². The van der Waals surface area contributed by atoms with Crippen LogP contribution in [0.15, 0.2) is 18.2 Å². The first-order chi connectivity index (χ1) is 11.6. The van der Waals surface area contributed by atoms with Crippen LogP contribution in [-0.4, -0.2) is 16.9 Å². The molecule has 5 atom stereocenters. The second-order valence-electron chi connectivity index (χ2n) is 9.56. The average Bonchev–Trinajstić information content (AvgIpc) is 2.48. The van der Waals surface area contributed by atoms with Crippen LogP contribution in [0.25, 0.3) is 0 Å². The number of carbonyl (C=O) groups is 1. The lowest BCUT2D eigenvalue weighted by atomic mass is 9.45. The summed E-state index contributed by atoms with van der Waals surface area (Å²) >= 11 is 0. The molecule has 0 saturated heterocycles. The number of aromatic hydroxyl groups is 1. The van der Waals surface area contributed by atoms with E-state index in [9.17, 15) is 9.90 Å². The van der Waals surface area contributed by atoms with Gasteiger partial charge in [-0.25, -0.2) is 0 Å². The third kappa shape index (κ3) is 3.01. The first kappa shape index (κ1) is 18.4. The highest BCUT2D eigenvalue weighted by Gasteiger charge is 2.57. The summed E-state index contributed by atoms with van der Waals surface area (Å²) in [6.45, 7) is 11.1. The molecule has 3 heteroatoms. The predicted molar refractivity (Wildman–Crippen MR) is 102 cm³/mol. The van der Waals surface area contributed by atoms with E-state index in [1.165, 1.54) is 12.8 Å². The molecule has 3 rings (SSSR count). The molecule has 2 saturated carbocycles. The lowest BCUT2D eigenvalue weighted by molar-refractivity contribution is -0.0865. The van der Waals surface area contributed by atoms with Gasteiger partial charge in [-0.2, -0.15) is 0 Å². The topological polar surface area (TPSA) is 63.3 Å². The molecule has 0 amide bonds. The van der Waals surface area contributed by atoms with Crippen molar-refractivity contribution in [3.8, 4) is 5.75 Å². The van der Waals surface area contributed by atoms with Crippen LogP contribution in [0.2, 0.25) is 0 Å². The van der Waals surface area contributed by atoms with Gasteiger partial charge in [0.2, 0.25) is 0 Å². The molecule has 1 aromatic carbocycles. The summed E-state index contributed by atoms with van der Waals surface area (Å²) in [5, 5.41) is 9.96. The van der Waals surface area contributed by atoms with Crippen LogP contribution < -0.4 is 5.73 Å². The molecule has 25 heavy (non-hydrogen) atoms. The summed E-state index contributed by atoms with van der Waals surface area (Å²) in [6, 6.07) is 5.28. The van der Waals surface area contributed by atoms with Gasteiger partial charge in [0.05, 0.1) is 0 Å². The molecule has 0 heterocycles. The number of benzene rings is 1. The van der Waals surface area contributed by atoms with E-state index >= 15 is 0 Å². The quantitative estimate of drug-likeness (QED) is 0.765. The van der Waals surface area contributed by atoms with Crippen molar-refractivity contribution in [2.24, 2.45) is 34.3 Å². The lowest BCUT2D eigenvalue weighted by Gasteiger charge is -2.60. The molecule has 0 aromatic heterocycles. The van der Waals surface area contributed by atoms with Crippen molar-refractivity contribution < 1.29 is 9.90 Å². The number of carbonyl (C=O) groups excluding carboxylic acids is 1. The Morgan fingerprint density at radius 2 is 1.88 bits per heavy atom. The Balaban J connectivity index is 2.06. The van der Waals surface area contributed by atoms with Crippen LogP contribution in [0.1, 0.15) is 69.3 Å². The number of aryl methyl sites for hydroxylation is 1. The number of rotatable bonds is 2. The van der Waals surface area contributed by atoms with Crippen LogP contribution in [0.5, 0.6) is 5.75 Å². The number of phenolic OH excluding ortho intramolecular Hbond substituents is 1. The fourth-order valence-corrected chi connectivity index (χ4v) is 6.08. The summed E-state index contributed by atoms with van der Waals surface area (Å²) in [5.41, 5.74) is 8.28. The van der Waals surface area contributed by atoms with Gasteiger partial charge in [-0.05, 0) is 72.6 Å². The van der Waals surface area contributed by atoms with Crippen molar-refractivity contribution in [1.82, 2.24) is 0 Å². The van der Waals surface area contributed by atoms with Gasteiger partial charge in [0, 0.05) is 17.5 Å². The monoisotopic (exact) mass is 343 g/mol. The Labute approximate surface area is 152 Å². The SMILES string of the molecule is Cc1cc(O)cc(C(=O)[C@H]2C(C)C(N)C[C@H]3C(C)(C)CCC[C@@]23C)c1. The Bertz CT molecular complexity index is 660. The van der Waals surface area contributed by atoms with E-state index in [1.807, 2.05) is 13.0 Å². The normalized spacial score (nSPS) is 37.4. The largest absolute Gasteiger partial charge is 0.508 e. The molecule has 3 nitrogen and oxygen atoms in total. The van der Waals surface area contributed by atoms with E-state index in [0.29, 0.717) is 11.5 Å². The summed E-state index contributed by atoms with van der Waals surface area (Å²) < 4.78 is 0. The Morgan fingerprint density at radius 3 is 2.52 bits per heavy atom. The minimum absolute atomic E-state index is 0.0204. The van der Waals surface area contributed by atoms with Crippen molar-refractivity contribution >= 4 is 5.78 Å². The van der Waals surface area contributed by atoms with Gasteiger partial charge in [-0.1, -0.05) is 34.1 Å². The number of nitrogens with two attached hydrogens (primary N) is 1. The number of hydrogen-bond donors (Lipinski definition) is 2. The zero-order valence-corrected chi connectivity index (χ0v) is 16.3. The second kappa shape index (κ2) is 6.12. The molecule has 0 bridgehead atoms. The lowest BCUT2D eigenvalue weighted by Crippen LogP contribution is -2.59. The summed E-state index contributed by atoms with van der Waals surface area (Å²) in [6.07, 6.45) is 4.48. The molecule has 2 aliphatic rings. The van der Waals surface area contributed by atoms with Gasteiger partial charge in [0.25, 0.3) is 0 Å². The third-order valence-electron chi connectivity index (χ3n) is 7.32. The van der Waals surface area contributed by atoms with E-state index in [0.717, 1.165) is 18.4 Å². The molecule has 1 aromatic rings. The zero-order valence-electron chi connectivity index (χ0n) is 16.3. The molecule has 0 radical (unpaired) electrons. The fourth-order valence-electron chi connectivity index (χ4n) is 6.08. The maximum absolute atomic E-state index is 13.6. The predicted octanol–water partition coefficient (Wildman–Crippen LogP) is 4.70. The maximum Gasteiger partial charge on any atom is 0.166 e. The van der Waals surface area contributed by atoms with Crippen molar-refractivity contribution in [2.45, 2.75) is 66.3 Å². The van der Waals surface area contributed by atoms with E-state index in [-0.39, 0.29) is 40.2 Å². The van der Waals surface area contributed by atoms with Crippen molar-refractivity contribution in [3.63, 3.8) is 0 Å². The number of ketones is 1. The molecule has 2 fully saturated rings. The zero-order chi connectivity index (χ0) is 18.6. The number of phenols is 1. The molecule has 2 unspecified atom stereocenters. The average molecular weight is 344 g/mol. The standard InChI is InChI=1S/C22H33NO2/c1-13-9-15(11-16(24)10-13)20(25)19-14(2)17(23)12-18-21(3,4)7-6-8-22(18,19)5/h9-11,14,17-19,24H,6-8,12,23H2,1-5H3/t14?,17?,18-,19+,22+/m0/s1. The minimum atomic E-state index is -0.0815. The summed E-state index contributed by atoms with van der Waals surface area (Å²) in [7, 11) is 0. The van der Waals surface area contributed by atoms with Gasteiger partial charge >= 0.3 is 0 Å². The molecule has 138 valence electrons. The van der Waals surface area contributed by atoms with Crippen LogP contribution in [0.4, 0.5) is 0 Å². The number of Topliss-reactive ketones (excluding diaryl/α,β-unsaturated/α-hetero) is 1. The van der Waals surface area contributed by atoms with Gasteiger partial charge in [-0.15, -0.1) is 0 Å². The van der Waals surface area contributed by atoms with Crippen LogP contribution >= 0.6 is 0 Å². The van der Waals surface area contributed by atoms with Gasteiger partial charge in [0.1, 0.15) is 5.75 Å².